The number of rotatable bonds is 5. The van der Waals surface area contributed by atoms with Gasteiger partial charge < -0.3 is 15.0 Å². The molecule has 2 amide bonds. The molecule has 2 rings (SSSR count). The smallest absolute Gasteiger partial charge is 0.409 e. The molecule has 1 N–H and O–H groups in total. The van der Waals surface area contributed by atoms with Gasteiger partial charge in [0, 0.05) is 31.0 Å². The summed E-state index contributed by atoms with van der Waals surface area (Å²) in [5, 5.41) is 2.95. The number of likely N-dealkylation sites (tertiary alicyclic amines) is 1. The Morgan fingerprint density at radius 1 is 1.28 bits per heavy atom. The molecule has 8 heteroatoms. The second kappa shape index (κ2) is 8.33. The second-order valence-corrected chi connectivity index (χ2v) is 8.34. The number of carbonyl (C=O) groups excluding carboxylic acids is 2. The highest BCUT2D eigenvalue weighted by molar-refractivity contribution is 7.89. The summed E-state index contributed by atoms with van der Waals surface area (Å²) in [6.45, 7) is 3.19. The average molecular weight is 368 g/mol. The van der Waals surface area contributed by atoms with Gasteiger partial charge in [0.2, 0.25) is 0 Å². The molecule has 0 aliphatic carbocycles. The van der Waals surface area contributed by atoms with Gasteiger partial charge in [-0.05, 0) is 37.5 Å². The Kier molecular flexibility index (Phi) is 6.41. The number of sulfone groups is 1. The first-order valence-electron chi connectivity index (χ1n) is 8.27. The van der Waals surface area contributed by atoms with E-state index in [4.69, 9.17) is 4.74 Å². The highest BCUT2D eigenvalue weighted by atomic mass is 32.2. The van der Waals surface area contributed by atoms with E-state index in [1.54, 1.807) is 36.1 Å². The predicted molar refractivity (Wildman–Crippen MR) is 94.1 cm³/mol. The average Bonchev–Trinajstić information content (AvgIpc) is 2.54. The number of hydrogen-bond donors (Lipinski definition) is 1. The fourth-order valence-corrected chi connectivity index (χ4v) is 3.58. The highest BCUT2D eigenvalue weighted by Gasteiger charge is 2.24. The van der Waals surface area contributed by atoms with Crippen molar-refractivity contribution >= 4 is 21.8 Å². The summed E-state index contributed by atoms with van der Waals surface area (Å²) in [6, 6.07) is 6.62. The van der Waals surface area contributed by atoms with Crippen molar-refractivity contribution in [3.05, 3.63) is 35.4 Å². The Bertz CT molecular complexity index is 724. The third-order valence-electron chi connectivity index (χ3n) is 3.97. The third-order valence-corrected chi connectivity index (χ3v) is 4.83. The van der Waals surface area contributed by atoms with Crippen molar-refractivity contribution in [3.63, 3.8) is 0 Å². The third kappa shape index (κ3) is 6.04. The summed E-state index contributed by atoms with van der Waals surface area (Å²) in [7, 11) is -3.15. The Hall–Kier alpha value is -2.09. The van der Waals surface area contributed by atoms with Crippen molar-refractivity contribution in [3.8, 4) is 0 Å². The molecule has 138 valence electrons. The molecule has 1 aromatic rings. The van der Waals surface area contributed by atoms with Gasteiger partial charge in [0.25, 0.3) is 5.91 Å². The van der Waals surface area contributed by atoms with Crippen molar-refractivity contribution in [1.82, 2.24) is 10.2 Å². The van der Waals surface area contributed by atoms with Crippen molar-refractivity contribution in [2.75, 3.05) is 26.0 Å². The summed E-state index contributed by atoms with van der Waals surface area (Å²) < 4.78 is 27.7. The Morgan fingerprint density at radius 3 is 2.56 bits per heavy atom. The van der Waals surface area contributed by atoms with Crippen LogP contribution >= 0.6 is 0 Å². The fourth-order valence-electron chi connectivity index (χ4n) is 2.79. The molecular weight excluding hydrogens is 344 g/mol. The van der Waals surface area contributed by atoms with Crippen LogP contribution in [0.25, 0.3) is 0 Å². The fraction of sp³-hybridized carbons (Fsp3) is 0.529. The molecule has 7 nitrogen and oxygen atoms in total. The first-order valence-corrected chi connectivity index (χ1v) is 10.3. The number of benzene rings is 1. The van der Waals surface area contributed by atoms with E-state index >= 15 is 0 Å². The molecule has 0 bridgehead atoms. The number of nitrogens with one attached hydrogen (secondary N) is 1. The van der Waals surface area contributed by atoms with Gasteiger partial charge >= 0.3 is 6.09 Å². The van der Waals surface area contributed by atoms with Crippen molar-refractivity contribution < 1.29 is 22.7 Å². The van der Waals surface area contributed by atoms with Gasteiger partial charge in [-0.25, -0.2) is 13.2 Å². The maximum absolute atomic E-state index is 12.4. The van der Waals surface area contributed by atoms with Crippen LogP contribution in [0.4, 0.5) is 4.79 Å². The van der Waals surface area contributed by atoms with Crippen LogP contribution in [0.15, 0.2) is 24.3 Å². The van der Waals surface area contributed by atoms with Crippen LogP contribution in [-0.4, -0.2) is 57.3 Å². The highest BCUT2D eigenvalue weighted by Crippen LogP contribution is 2.14. The molecule has 1 fully saturated rings. The minimum Gasteiger partial charge on any atom is -0.450 e. The Morgan fingerprint density at radius 2 is 1.96 bits per heavy atom. The van der Waals surface area contributed by atoms with Gasteiger partial charge in [-0.3, -0.25) is 4.79 Å². The molecule has 0 saturated carbocycles. The maximum atomic E-state index is 12.4. The summed E-state index contributed by atoms with van der Waals surface area (Å²) in [4.78, 5) is 25.7. The molecule has 1 aromatic carbocycles. The van der Waals surface area contributed by atoms with Crippen molar-refractivity contribution in [1.29, 1.82) is 0 Å². The maximum Gasteiger partial charge on any atom is 0.409 e. The standard InChI is InChI=1S/C17H24N2O5S/c1-3-24-17(21)19-9-7-15(8-10-19)18-16(20)14-6-4-5-13(11-14)12-25(2,22)23/h4-6,11,15H,3,7-10,12H2,1-2H3,(H,18,20). The monoisotopic (exact) mass is 368 g/mol. The largest absolute Gasteiger partial charge is 0.450 e. The minimum atomic E-state index is -3.15. The van der Waals surface area contributed by atoms with Gasteiger partial charge in [-0.15, -0.1) is 0 Å². The van der Waals surface area contributed by atoms with Crippen LogP contribution in [0.1, 0.15) is 35.7 Å². The molecule has 0 atom stereocenters. The zero-order valence-corrected chi connectivity index (χ0v) is 15.3. The normalized spacial score (nSPS) is 15.7. The summed E-state index contributed by atoms with van der Waals surface area (Å²) >= 11 is 0. The van der Waals surface area contributed by atoms with Gasteiger partial charge in [0.1, 0.15) is 0 Å². The van der Waals surface area contributed by atoms with E-state index in [0.29, 0.717) is 43.7 Å². The summed E-state index contributed by atoms with van der Waals surface area (Å²) in [5.74, 6) is -0.323. The molecule has 1 aliphatic rings. The van der Waals surface area contributed by atoms with E-state index in [9.17, 15) is 18.0 Å². The van der Waals surface area contributed by atoms with Gasteiger partial charge in [-0.2, -0.15) is 0 Å². The van der Waals surface area contributed by atoms with E-state index < -0.39 is 9.84 Å². The molecule has 1 saturated heterocycles. The number of carbonyl (C=O) groups is 2. The van der Waals surface area contributed by atoms with E-state index in [1.807, 2.05) is 0 Å². The quantitative estimate of drug-likeness (QED) is 0.852. The van der Waals surface area contributed by atoms with Gasteiger partial charge in [-0.1, -0.05) is 12.1 Å². The molecule has 1 aliphatic heterocycles. The number of nitrogens with zero attached hydrogens (tertiary/aromatic N) is 1. The van der Waals surface area contributed by atoms with E-state index in [-0.39, 0.29) is 23.8 Å². The van der Waals surface area contributed by atoms with Crippen LogP contribution in [0.3, 0.4) is 0 Å². The van der Waals surface area contributed by atoms with Crippen molar-refractivity contribution in [2.45, 2.75) is 31.6 Å². The molecule has 0 radical (unpaired) electrons. The number of piperidine rings is 1. The Balaban J connectivity index is 1.91. The lowest BCUT2D eigenvalue weighted by Gasteiger charge is -2.31. The summed E-state index contributed by atoms with van der Waals surface area (Å²) in [6.07, 6.45) is 2.17. The molecule has 0 unspecified atom stereocenters. The Labute approximate surface area is 148 Å². The molecule has 1 heterocycles. The number of amides is 2. The SMILES string of the molecule is CCOC(=O)N1CCC(NC(=O)c2cccc(CS(C)(=O)=O)c2)CC1. The first-order chi connectivity index (χ1) is 11.8. The topological polar surface area (TPSA) is 92.8 Å². The van der Waals surface area contributed by atoms with Crippen molar-refractivity contribution in [2.24, 2.45) is 0 Å². The zero-order valence-electron chi connectivity index (χ0n) is 14.5. The molecule has 0 aromatic heterocycles. The van der Waals surface area contributed by atoms with Crippen LogP contribution < -0.4 is 5.32 Å². The van der Waals surface area contributed by atoms with Crippen LogP contribution in [0, 0.1) is 0 Å². The molecule has 0 spiro atoms. The first kappa shape index (κ1) is 19.2. The van der Waals surface area contributed by atoms with E-state index in [2.05, 4.69) is 5.32 Å². The number of ether oxygens (including phenoxy) is 1. The molecule has 25 heavy (non-hydrogen) atoms. The van der Waals surface area contributed by atoms with E-state index in [1.165, 1.54) is 0 Å². The van der Waals surface area contributed by atoms with Crippen LogP contribution in [-0.2, 0) is 20.3 Å². The number of hydrogen-bond acceptors (Lipinski definition) is 5. The van der Waals surface area contributed by atoms with Crippen LogP contribution in [0.5, 0.6) is 0 Å². The van der Waals surface area contributed by atoms with Gasteiger partial charge in [0.15, 0.2) is 9.84 Å². The second-order valence-electron chi connectivity index (χ2n) is 6.20. The lowest BCUT2D eigenvalue weighted by molar-refractivity contribution is 0.0860. The van der Waals surface area contributed by atoms with Gasteiger partial charge in [0.05, 0.1) is 12.4 Å². The zero-order chi connectivity index (χ0) is 18.4. The lowest BCUT2D eigenvalue weighted by Crippen LogP contribution is -2.46. The lowest BCUT2D eigenvalue weighted by atomic mass is 10.0. The van der Waals surface area contributed by atoms with E-state index in [0.717, 1.165) is 6.26 Å². The molecular formula is C17H24N2O5S. The van der Waals surface area contributed by atoms with Crippen LogP contribution in [0.2, 0.25) is 0 Å². The minimum absolute atomic E-state index is 0.0169. The predicted octanol–water partition coefficient (Wildman–Crippen LogP) is 1.58. The summed E-state index contributed by atoms with van der Waals surface area (Å²) in [5.41, 5.74) is 1.03.